The van der Waals surface area contributed by atoms with E-state index in [9.17, 15) is 0 Å². The zero-order valence-corrected chi connectivity index (χ0v) is 21.0. The van der Waals surface area contributed by atoms with Crippen molar-refractivity contribution in [2.24, 2.45) is 11.7 Å². The molecular weight excluding hydrogens is 350 g/mol. The van der Waals surface area contributed by atoms with Crippen molar-refractivity contribution in [1.29, 1.82) is 0 Å². The van der Waals surface area contributed by atoms with Gasteiger partial charge in [-0.3, -0.25) is 0 Å². The Hall–Kier alpha value is -0.0400. The van der Waals surface area contributed by atoms with Gasteiger partial charge in [0.2, 0.25) is 0 Å². The number of nitrogens with two attached hydrogens (primary N) is 1. The van der Waals surface area contributed by atoms with Gasteiger partial charge in [-0.2, -0.15) is 0 Å². The van der Waals surface area contributed by atoms with Crippen LogP contribution in [-0.4, -0.2) is 6.04 Å². The highest BCUT2D eigenvalue weighted by Gasteiger charge is 2.13. The summed E-state index contributed by atoms with van der Waals surface area (Å²) in [5.41, 5.74) is 6.21. The van der Waals surface area contributed by atoms with Crippen LogP contribution in [-0.2, 0) is 0 Å². The lowest BCUT2D eigenvalue weighted by atomic mass is 9.90. The summed E-state index contributed by atoms with van der Waals surface area (Å²) in [4.78, 5) is 0. The van der Waals surface area contributed by atoms with E-state index in [4.69, 9.17) is 5.73 Å². The molecule has 0 bridgehead atoms. The van der Waals surface area contributed by atoms with Crippen molar-refractivity contribution in [2.45, 2.75) is 174 Å². The van der Waals surface area contributed by atoms with Crippen LogP contribution in [0, 0.1) is 5.92 Å². The van der Waals surface area contributed by atoms with Gasteiger partial charge in [-0.1, -0.05) is 156 Å². The zero-order valence-electron chi connectivity index (χ0n) is 21.0. The van der Waals surface area contributed by atoms with Gasteiger partial charge in [0.15, 0.2) is 0 Å². The Morgan fingerprint density at radius 2 is 0.724 bits per heavy atom. The molecule has 0 heterocycles. The second-order valence-corrected chi connectivity index (χ2v) is 9.75. The Morgan fingerprint density at radius 1 is 0.414 bits per heavy atom. The molecular formula is C28H59N. The predicted octanol–water partition coefficient (Wildman–Crippen LogP) is 9.96. The molecule has 1 nitrogen and oxygen atoms in total. The minimum absolute atomic E-state index is 0.431. The molecule has 0 saturated heterocycles. The van der Waals surface area contributed by atoms with Crippen LogP contribution in [0.5, 0.6) is 0 Å². The minimum atomic E-state index is 0.431. The van der Waals surface area contributed by atoms with Crippen molar-refractivity contribution >= 4 is 0 Å². The maximum absolute atomic E-state index is 6.21. The summed E-state index contributed by atoms with van der Waals surface area (Å²) in [7, 11) is 0. The van der Waals surface area contributed by atoms with Crippen molar-refractivity contribution in [3.63, 3.8) is 0 Å². The minimum Gasteiger partial charge on any atom is -0.327 e. The van der Waals surface area contributed by atoms with Crippen LogP contribution < -0.4 is 5.73 Å². The highest BCUT2D eigenvalue weighted by Crippen LogP contribution is 2.19. The average molecular weight is 410 g/mol. The molecule has 0 fully saturated rings. The fourth-order valence-corrected chi connectivity index (χ4v) is 4.72. The molecule has 2 atom stereocenters. The molecule has 0 aromatic heterocycles. The number of unbranched alkanes of at least 4 members (excludes halogenated alkanes) is 19. The third-order valence-electron chi connectivity index (χ3n) is 7.03. The van der Waals surface area contributed by atoms with E-state index >= 15 is 0 Å². The molecule has 0 aliphatic heterocycles. The van der Waals surface area contributed by atoms with Gasteiger partial charge < -0.3 is 5.73 Å². The first-order valence-electron chi connectivity index (χ1n) is 14.0. The molecule has 0 spiro atoms. The highest BCUT2D eigenvalue weighted by molar-refractivity contribution is 4.70. The molecule has 0 aromatic carbocycles. The molecule has 2 unspecified atom stereocenters. The highest BCUT2D eigenvalue weighted by atomic mass is 14.6. The Bertz CT molecular complexity index is 288. The topological polar surface area (TPSA) is 26.0 Å². The fraction of sp³-hybridized carbons (Fsp3) is 1.00. The first-order valence-corrected chi connectivity index (χ1v) is 14.0. The van der Waals surface area contributed by atoms with Crippen LogP contribution in [0.15, 0.2) is 0 Å². The van der Waals surface area contributed by atoms with Gasteiger partial charge in [-0.05, 0) is 18.8 Å². The summed E-state index contributed by atoms with van der Waals surface area (Å²) >= 11 is 0. The van der Waals surface area contributed by atoms with Gasteiger partial charge in [0, 0.05) is 6.04 Å². The third-order valence-corrected chi connectivity index (χ3v) is 7.03. The lowest BCUT2D eigenvalue weighted by molar-refractivity contribution is 0.358. The first kappa shape index (κ1) is 29.0. The van der Waals surface area contributed by atoms with E-state index in [1.807, 2.05) is 0 Å². The molecule has 0 amide bonds. The predicted molar refractivity (Wildman–Crippen MR) is 135 cm³/mol. The molecule has 29 heavy (non-hydrogen) atoms. The summed E-state index contributed by atoms with van der Waals surface area (Å²) in [6, 6.07) is 0.431. The molecule has 0 aliphatic carbocycles. The largest absolute Gasteiger partial charge is 0.327 e. The molecule has 0 radical (unpaired) electrons. The normalized spacial score (nSPS) is 13.7. The molecule has 2 N–H and O–H groups in total. The second kappa shape index (κ2) is 24.2. The number of hydrogen-bond acceptors (Lipinski definition) is 1. The van der Waals surface area contributed by atoms with Crippen molar-refractivity contribution in [1.82, 2.24) is 0 Å². The van der Waals surface area contributed by atoms with Crippen molar-refractivity contribution in [2.75, 3.05) is 0 Å². The second-order valence-electron chi connectivity index (χ2n) is 9.75. The monoisotopic (exact) mass is 409 g/mol. The van der Waals surface area contributed by atoms with Crippen molar-refractivity contribution < 1.29 is 0 Å². The van der Waals surface area contributed by atoms with E-state index < -0.39 is 0 Å². The van der Waals surface area contributed by atoms with Crippen LogP contribution in [0.3, 0.4) is 0 Å². The first-order chi connectivity index (χ1) is 14.3. The Balaban J connectivity index is 3.13. The van der Waals surface area contributed by atoms with E-state index in [0.29, 0.717) is 6.04 Å². The molecule has 176 valence electrons. The Labute approximate surface area is 186 Å². The van der Waals surface area contributed by atoms with Crippen LogP contribution in [0.1, 0.15) is 168 Å². The van der Waals surface area contributed by atoms with Gasteiger partial charge in [0.05, 0.1) is 0 Å². The van der Waals surface area contributed by atoms with E-state index in [1.54, 1.807) is 0 Å². The van der Waals surface area contributed by atoms with Crippen LogP contribution >= 0.6 is 0 Å². The van der Waals surface area contributed by atoms with Gasteiger partial charge in [-0.15, -0.1) is 0 Å². The van der Waals surface area contributed by atoms with E-state index in [2.05, 4.69) is 20.8 Å². The quantitative estimate of drug-likeness (QED) is 0.158. The average Bonchev–Trinajstić information content (AvgIpc) is 2.74. The maximum Gasteiger partial charge on any atom is 0.00644 e. The van der Waals surface area contributed by atoms with E-state index in [1.165, 1.54) is 141 Å². The summed E-state index contributed by atoms with van der Waals surface area (Å²) in [5.74, 6) is 0.760. The van der Waals surface area contributed by atoms with E-state index in [-0.39, 0.29) is 0 Å². The Morgan fingerprint density at radius 3 is 1.00 bits per heavy atom. The zero-order chi connectivity index (χ0) is 21.4. The Kier molecular flexibility index (Phi) is 24.2. The van der Waals surface area contributed by atoms with Crippen LogP contribution in [0.2, 0.25) is 0 Å². The molecule has 0 aromatic rings. The SMILES string of the molecule is CCCCCCCCCCCCCCCCCCCCCCC(CC)C(N)CC. The van der Waals surface area contributed by atoms with Gasteiger partial charge in [0.1, 0.15) is 0 Å². The maximum atomic E-state index is 6.21. The van der Waals surface area contributed by atoms with Crippen LogP contribution in [0.25, 0.3) is 0 Å². The molecule has 0 aliphatic rings. The van der Waals surface area contributed by atoms with Crippen LogP contribution in [0.4, 0.5) is 0 Å². The van der Waals surface area contributed by atoms with Crippen molar-refractivity contribution in [3.05, 3.63) is 0 Å². The summed E-state index contributed by atoms with van der Waals surface area (Å²) in [6.45, 7) is 6.83. The summed E-state index contributed by atoms with van der Waals surface area (Å²) in [5, 5.41) is 0. The lowest BCUT2D eigenvalue weighted by Crippen LogP contribution is -2.28. The summed E-state index contributed by atoms with van der Waals surface area (Å²) in [6.07, 6.45) is 32.9. The van der Waals surface area contributed by atoms with Gasteiger partial charge in [-0.25, -0.2) is 0 Å². The molecule has 1 heteroatoms. The number of hydrogen-bond donors (Lipinski definition) is 1. The molecule has 0 rings (SSSR count). The number of rotatable bonds is 24. The standard InChI is InChI=1S/C28H59N/c1-4-7-8-9-10-11-12-13-14-15-16-17-18-19-20-21-22-23-24-25-26-27(5-2)28(29)6-3/h27-28H,4-26,29H2,1-3H3. The van der Waals surface area contributed by atoms with E-state index in [0.717, 1.165) is 12.3 Å². The summed E-state index contributed by atoms with van der Waals surface area (Å²) < 4.78 is 0. The fourth-order valence-electron chi connectivity index (χ4n) is 4.72. The lowest BCUT2D eigenvalue weighted by Gasteiger charge is -2.21. The third kappa shape index (κ3) is 21.0. The molecule has 0 saturated carbocycles. The van der Waals surface area contributed by atoms with Gasteiger partial charge >= 0.3 is 0 Å². The van der Waals surface area contributed by atoms with Gasteiger partial charge in [0.25, 0.3) is 0 Å². The van der Waals surface area contributed by atoms with Crippen molar-refractivity contribution in [3.8, 4) is 0 Å². The smallest absolute Gasteiger partial charge is 0.00644 e.